The van der Waals surface area contributed by atoms with Crippen molar-refractivity contribution in [2.24, 2.45) is 0 Å². The van der Waals surface area contributed by atoms with E-state index < -0.39 is 20.8 Å². The van der Waals surface area contributed by atoms with Gasteiger partial charge in [0.25, 0.3) is 0 Å². The molecule has 214 valence electrons. The molecule has 0 nitrogen and oxygen atoms in total. The van der Waals surface area contributed by atoms with Gasteiger partial charge in [0.15, 0.2) is 6.63 Å². The van der Waals surface area contributed by atoms with Gasteiger partial charge in [0, 0.05) is 6.89 Å². The molecule has 0 unspecified atom stereocenters. The van der Waals surface area contributed by atoms with Crippen LogP contribution in [0.3, 0.4) is 0 Å². The summed E-state index contributed by atoms with van der Waals surface area (Å²) in [4.78, 5) is 0. The van der Waals surface area contributed by atoms with E-state index in [9.17, 15) is 0 Å². The number of rotatable bonds is 8. The van der Waals surface area contributed by atoms with E-state index in [1.165, 1.54) is 36.6 Å². The Morgan fingerprint density at radius 1 is 0.395 bits per heavy atom. The summed E-state index contributed by atoms with van der Waals surface area (Å²) < 4.78 is 1.24. The van der Waals surface area contributed by atoms with E-state index in [4.69, 9.17) is 22.5 Å². The molecule has 6 aromatic carbocycles. The van der Waals surface area contributed by atoms with E-state index >= 15 is 0 Å². The minimum absolute atomic E-state index is 0. The third-order valence-corrected chi connectivity index (χ3v) is 22.8. The molecule has 0 aliphatic rings. The summed E-state index contributed by atoms with van der Waals surface area (Å²) in [5.41, 5.74) is 0. The maximum Gasteiger partial charge on any atom is 0.155 e. The first-order chi connectivity index (χ1) is 20.7. The highest BCUT2D eigenvalue weighted by molar-refractivity contribution is 8.41. The molecule has 0 aromatic heterocycles. The molecule has 0 aliphatic heterocycles. The van der Waals surface area contributed by atoms with Gasteiger partial charge in [0.2, 0.25) is 0 Å². The minimum Gasteiger partial charge on any atom is -1.00 e. The first-order valence-electron chi connectivity index (χ1n) is 13.8. The number of hydrogen-bond donors (Lipinski definition) is 0. The van der Waals surface area contributed by atoms with E-state index in [-0.39, 0.29) is 12.4 Å². The zero-order valence-corrected chi connectivity index (χ0v) is 28.2. The fraction of sp³-hybridized carbons (Fsp3) is 0. The highest BCUT2D eigenvalue weighted by Crippen LogP contribution is 2.76. The van der Waals surface area contributed by atoms with E-state index in [2.05, 4.69) is 182 Å². The summed E-state index contributed by atoms with van der Waals surface area (Å²) in [6.07, 6.45) is 0. The second-order valence-corrected chi connectivity index (χ2v) is 21.1. The van der Waals surface area contributed by atoms with Crippen LogP contribution >= 0.6 is 43.3 Å². The largest absolute Gasteiger partial charge is 1.00 e. The Hall–Kier alpha value is -2.65. The van der Waals surface area contributed by atoms with Crippen LogP contribution in [-0.2, 0) is 0 Å². The monoisotopic (exact) mass is 672 g/mol. The average molecular weight is 674 g/mol. The van der Waals surface area contributed by atoms with Crippen molar-refractivity contribution >= 4 is 79.9 Å². The van der Waals surface area contributed by atoms with Gasteiger partial charge in [-0.2, -0.15) is 0 Å². The fourth-order valence-corrected chi connectivity index (χ4v) is 24.7. The van der Waals surface area contributed by atoms with Gasteiger partial charge in [0.1, 0.15) is 28.0 Å². The first kappa shape index (κ1) is 31.8. The van der Waals surface area contributed by atoms with Crippen LogP contribution in [0.15, 0.2) is 182 Å². The molecule has 0 bridgehead atoms. The number of halogens is 3. The normalized spacial score (nSPS) is 11.5. The lowest BCUT2D eigenvalue weighted by atomic mass is 10.4. The third kappa shape index (κ3) is 5.79. The molecule has 0 aliphatic carbocycles. The van der Waals surface area contributed by atoms with Crippen molar-refractivity contribution in [3.8, 4) is 0 Å². The topological polar surface area (TPSA) is 0 Å². The summed E-state index contributed by atoms with van der Waals surface area (Å²) in [5, 5.41) is 7.49. The SMILES string of the molecule is ClP(Cl)C(=P(c1ccccc1)(c1ccccc1)c1ccccc1)[P+](c1ccccc1)(c1ccccc1)c1ccccc1.[Cl-]. The molecular formula is C37H30Cl3P3. The Kier molecular flexibility index (Phi) is 10.7. The van der Waals surface area contributed by atoms with Crippen LogP contribution in [0.25, 0.3) is 0 Å². The van der Waals surface area contributed by atoms with Crippen molar-refractivity contribution in [3.05, 3.63) is 182 Å². The molecule has 0 spiro atoms. The van der Waals surface area contributed by atoms with Gasteiger partial charge in [-0.05, 0) is 52.3 Å². The molecule has 6 rings (SSSR count). The summed E-state index contributed by atoms with van der Waals surface area (Å²) in [6.45, 7) is -4.23. The quantitative estimate of drug-likeness (QED) is 0.178. The second kappa shape index (κ2) is 14.4. The summed E-state index contributed by atoms with van der Waals surface area (Å²) in [7, 11) is -2.61. The average Bonchev–Trinajstić information content (AvgIpc) is 3.07. The molecule has 43 heavy (non-hydrogen) atoms. The van der Waals surface area contributed by atoms with Gasteiger partial charge in [-0.1, -0.05) is 168 Å². The molecule has 0 atom stereocenters. The van der Waals surface area contributed by atoms with Crippen molar-refractivity contribution in [2.75, 3.05) is 0 Å². The fourth-order valence-electron chi connectivity index (χ4n) is 5.95. The smallest absolute Gasteiger partial charge is 0.155 e. The summed E-state index contributed by atoms with van der Waals surface area (Å²) in [5.74, 6) is 0. The Balaban J connectivity index is 0.00000368. The van der Waals surface area contributed by atoms with Crippen LogP contribution in [0, 0.1) is 0 Å². The van der Waals surface area contributed by atoms with Crippen LogP contribution < -0.4 is 44.2 Å². The highest BCUT2D eigenvalue weighted by Gasteiger charge is 2.56. The predicted molar refractivity (Wildman–Crippen MR) is 194 cm³/mol. The Morgan fingerprint density at radius 2 is 0.628 bits per heavy atom. The molecule has 0 amide bonds. The summed E-state index contributed by atoms with van der Waals surface area (Å²) in [6, 6.07) is 65.6. The van der Waals surface area contributed by atoms with Crippen LogP contribution in [0.1, 0.15) is 0 Å². The van der Waals surface area contributed by atoms with Crippen LogP contribution in [0.5, 0.6) is 0 Å². The first-order valence-corrected chi connectivity index (χ1v) is 20.5. The van der Waals surface area contributed by atoms with E-state index in [0.717, 1.165) is 0 Å². The lowest BCUT2D eigenvalue weighted by Crippen LogP contribution is -3.00. The van der Waals surface area contributed by atoms with E-state index in [1.54, 1.807) is 0 Å². The molecule has 0 saturated carbocycles. The molecule has 0 radical (unpaired) electrons. The van der Waals surface area contributed by atoms with Gasteiger partial charge in [-0.25, -0.2) is 0 Å². The second-order valence-electron chi connectivity index (χ2n) is 9.89. The zero-order valence-electron chi connectivity index (χ0n) is 23.3. The Labute approximate surface area is 272 Å². The summed E-state index contributed by atoms with van der Waals surface area (Å²) >= 11 is 15.1. The van der Waals surface area contributed by atoms with Crippen LogP contribution in [0.4, 0.5) is 0 Å². The van der Waals surface area contributed by atoms with Crippen molar-refractivity contribution in [3.63, 3.8) is 0 Å². The van der Waals surface area contributed by atoms with Crippen molar-refractivity contribution < 1.29 is 12.4 Å². The molecule has 0 N–H and O–H groups in total. The molecule has 0 fully saturated rings. The maximum atomic E-state index is 7.56. The predicted octanol–water partition coefficient (Wildman–Crippen LogP) is 5.86. The van der Waals surface area contributed by atoms with Gasteiger partial charge in [0.05, 0.1) is 0 Å². The van der Waals surface area contributed by atoms with Crippen LogP contribution in [0.2, 0.25) is 0 Å². The molecular weight excluding hydrogens is 644 g/mol. The van der Waals surface area contributed by atoms with Crippen molar-refractivity contribution in [1.29, 1.82) is 0 Å². The lowest BCUT2D eigenvalue weighted by molar-refractivity contribution is -0.00000765. The van der Waals surface area contributed by atoms with Gasteiger partial charge in [-0.3, -0.25) is 0 Å². The molecule has 6 aromatic rings. The van der Waals surface area contributed by atoms with Gasteiger partial charge >= 0.3 is 0 Å². The highest BCUT2D eigenvalue weighted by atomic mass is 35.9. The number of hydrogen-bond acceptors (Lipinski definition) is 0. The van der Waals surface area contributed by atoms with Gasteiger partial charge < -0.3 is 12.4 Å². The third-order valence-electron chi connectivity index (χ3n) is 7.61. The number of benzene rings is 6. The lowest BCUT2D eigenvalue weighted by Gasteiger charge is -2.38. The Bertz CT molecular complexity index is 1580. The molecule has 0 saturated heterocycles. The zero-order chi connectivity index (χ0) is 28.8. The van der Waals surface area contributed by atoms with E-state index in [0.29, 0.717) is 0 Å². The maximum absolute atomic E-state index is 7.56. The van der Waals surface area contributed by atoms with Crippen molar-refractivity contribution in [1.82, 2.24) is 0 Å². The van der Waals surface area contributed by atoms with Crippen LogP contribution in [-0.4, -0.2) is 4.78 Å². The molecule has 6 heteroatoms. The standard InChI is InChI=1S/C37H30Cl2P3.ClH/c38-40(39)37(41(31-19-7-1-8-20-31,32-21-9-2-10-22-32)33-23-11-3-12-24-33)42(34-25-13-4-14-26-34,35-27-15-5-16-28-35)36-29-17-6-18-30-36;/h1-30H;1H/q+1;/p-1. The van der Waals surface area contributed by atoms with E-state index in [1.807, 2.05) is 0 Å². The minimum atomic E-state index is -2.61. The van der Waals surface area contributed by atoms with Gasteiger partial charge in [-0.15, -0.1) is 0 Å². The molecule has 0 heterocycles. The Morgan fingerprint density at radius 3 is 0.860 bits per heavy atom. The van der Waals surface area contributed by atoms with Crippen molar-refractivity contribution in [2.45, 2.75) is 0 Å².